The monoisotopic (exact) mass is 443 g/mol. The van der Waals surface area contributed by atoms with Gasteiger partial charge in [-0.2, -0.15) is 4.98 Å². The van der Waals surface area contributed by atoms with Crippen molar-refractivity contribution in [2.24, 2.45) is 5.73 Å². The average Bonchev–Trinajstić information content (AvgIpc) is 3.18. The van der Waals surface area contributed by atoms with E-state index in [0.29, 0.717) is 37.7 Å². The molecule has 5 rings (SSSR count). The number of fused-ring (bicyclic) bond motifs is 2. The highest BCUT2D eigenvalue weighted by Crippen LogP contribution is 2.29. The van der Waals surface area contributed by atoms with E-state index >= 15 is 0 Å². The summed E-state index contributed by atoms with van der Waals surface area (Å²) in [6.07, 6.45) is 0.720. The summed E-state index contributed by atoms with van der Waals surface area (Å²) >= 11 is 0. The highest BCUT2D eigenvalue weighted by atomic mass is 16.5. The zero-order valence-electron chi connectivity index (χ0n) is 18.5. The Balaban J connectivity index is 1.56. The normalized spacial score (nSPS) is 13.2. The molecule has 0 unspecified atom stereocenters. The fourth-order valence-corrected chi connectivity index (χ4v) is 4.38. The summed E-state index contributed by atoms with van der Waals surface area (Å²) in [7, 11) is -1.50. The number of ether oxygens (including phenoxy) is 1. The maximum Gasteiger partial charge on any atom is 0.488 e. The Morgan fingerprint density at radius 2 is 2.00 bits per heavy atom. The second kappa shape index (κ2) is 8.95. The summed E-state index contributed by atoms with van der Waals surface area (Å²) in [5.41, 5.74) is 12.4. The lowest BCUT2D eigenvalue weighted by Crippen LogP contribution is -2.30. The third-order valence-corrected chi connectivity index (χ3v) is 6.06. The summed E-state index contributed by atoms with van der Waals surface area (Å²) in [5.74, 6) is 1.33. The van der Waals surface area contributed by atoms with Crippen LogP contribution in [0, 0.1) is 6.92 Å². The van der Waals surface area contributed by atoms with E-state index in [9.17, 15) is 10.0 Å². The molecule has 0 bridgehead atoms. The Morgan fingerprint density at radius 3 is 2.82 bits per heavy atom. The van der Waals surface area contributed by atoms with Gasteiger partial charge in [-0.05, 0) is 35.6 Å². The van der Waals surface area contributed by atoms with Gasteiger partial charge in [-0.3, -0.25) is 4.57 Å². The molecule has 0 radical (unpaired) electrons. The molecule has 5 N–H and O–H groups in total. The molecule has 4 aromatic rings. The molecule has 0 atom stereocenters. The Hall–Kier alpha value is -3.24. The largest absolute Gasteiger partial charge is 0.488 e. The molecule has 1 aliphatic heterocycles. The van der Waals surface area contributed by atoms with Crippen molar-refractivity contribution in [2.45, 2.75) is 33.0 Å². The Kier molecular flexibility index (Phi) is 5.86. The summed E-state index contributed by atoms with van der Waals surface area (Å²) < 4.78 is 7.75. The standard InChI is InChI=1S/C24H26BN5O3/c1-15-10-19-17(12-26)5-3-7-22(19)30(15)24-28-21-8-9-33-14-20(21)23(29-24)27-13-16-4-2-6-18(11-16)25(31)32/h2-7,10-11,31-32H,8-9,12-14,26H2,1H3,(H,27,28,29). The van der Waals surface area contributed by atoms with E-state index in [1.165, 1.54) is 0 Å². The molecule has 8 nitrogen and oxygen atoms in total. The van der Waals surface area contributed by atoms with Crippen LogP contribution in [0.2, 0.25) is 0 Å². The third-order valence-electron chi connectivity index (χ3n) is 6.06. The number of aromatic nitrogens is 3. The fourth-order valence-electron chi connectivity index (χ4n) is 4.38. The van der Waals surface area contributed by atoms with E-state index in [1.807, 2.05) is 25.1 Å². The van der Waals surface area contributed by atoms with Gasteiger partial charge in [0, 0.05) is 36.2 Å². The first-order chi connectivity index (χ1) is 16.0. The number of nitrogens with two attached hydrogens (primary N) is 1. The van der Waals surface area contributed by atoms with Gasteiger partial charge in [-0.15, -0.1) is 0 Å². The minimum atomic E-state index is -1.50. The molecule has 2 aromatic heterocycles. The molecule has 0 saturated heterocycles. The van der Waals surface area contributed by atoms with Crippen LogP contribution in [0.5, 0.6) is 0 Å². The molecule has 2 aromatic carbocycles. The fraction of sp³-hybridized carbons (Fsp3) is 0.250. The quantitative estimate of drug-likeness (QED) is 0.334. The van der Waals surface area contributed by atoms with Crippen LogP contribution in [0.4, 0.5) is 5.82 Å². The number of benzene rings is 2. The minimum absolute atomic E-state index is 0.452. The molecule has 1 aliphatic rings. The third kappa shape index (κ3) is 4.11. The first-order valence-electron chi connectivity index (χ1n) is 11.0. The number of rotatable bonds is 6. The second-order valence-electron chi connectivity index (χ2n) is 8.25. The SMILES string of the molecule is Cc1cc2c(CN)cccc2n1-c1nc2c(c(NCc3cccc(B(O)O)c3)n1)COCC2. The van der Waals surface area contributed by atoms with E-state index in [0.717, 1.165) is 51.2 Å². The van der Waals surface area contributed by atoms with Gasteiger partial charge in [0.15, 0.2) is 0 Å². The summed E-state index contributed by atoms with van der Waals surface area (Å²) in [5, 5.41) is 23.5. The molecule has 0 saturated carbocycles. The van der Waals surface area contributed by atoms with Crippen molar-refractivity contribution in [1.82, 2.24) is 14.5 Å². The predicted molar refractivity (Wildman–Crippen MR) is 128 cm³/mol. The van der Waals surface area contributed by atoms with Gasteiger partial charge in [0.1, 0.15) is 5.82 Å². The van der Waals surface area contributed by atoms with Crippen molar-refractivity contribution in [1.29, 1.82) is 0 Å². The van der Waals surface area contributed by atoms with Crippen LogP contribution in [-0.4, -0.2) is 38.3 Å². The first kappa shape index (κ1) is 21.6. The van der Waals surface area contributed by atoms with Crippen LogP contribution in [0.25, 0.3) is 16.9 Å². The number of hydrogen-bond donors (Lipinski definition) is 4. The molecule has 9 heteroatoms. The number of nitrogens with zero attached hydrogens (tertiary/aromatic N) is 3. The number of nitrogens with one attached hydrogen (secondary N) is 1. The van der Waals surface area contributed by atoms with E-state index in [-0.39, 0.29) is 0 Å². The Bertz CT molecular complexity index is 1320. The van der Waals surface area contributed by atoms with Gasteiger partial charge in [0.2, 0.25) is 5.95 Å². The van der Waals surface area contributed by atoms with Crippen molar-refractivity contribution >= 4 is 29.3 Å². The van der Waals surface area contributed by atoms with E-state index < -0.39 is 7.12 Å². The van der Waals surface area contributed by atoms with Crippen LogP contribution in [-0.2, 0) is 30.9 Å². The van der Waals surface area contributed by atoms with Gasteiger partial charge in [-0.25, -0.2) is 4.98 Å². The zero-order chi connectivity index (χ0) is 22.9. The maximum atomic E-state index is 9.47. The van der Waals surface area contributed by atoms with Crippen molar-refractivity contribution in [3.63, 3.8) is 0 Å². The highest BCUT2D eigenvalue weighted by Gasteiger charge is 2.21. The first-order valence-corrected chi connectivity index (χ1v) is 11.0. The lowest BCUT2D eigenvalue weighted by atomic mass is 9.79. The lowest BCUT2D eigenvalue weighted by Gasteiger charge is -2.21. The van der Waals surface area contributed by atoms with Crippen molar-refractivity contribution in [3.05, 3.63) is 76.6 Å². The van der Waals surface area contributed by atoms with Crippen LogP contribution in [0.3, 0.4) is 0 Å². The highest BCUT2D eigenvalue weighted by molar-refractivity contribution is 6.58. The molecule has 33 heavy (non-hydrogen) atoms. The predicted octanol–water partition coefficient (Wildman–Crippen LogP) is 1.55. The molecule has 168 valence electrons. The van der Waals surface area contributed by atoms with Crippen LogP contribution in [0.15, 0.2) is 48.5 Å². The molecular weight excluding hydrogens is 417 g/mol. The molecule has 0 spiro atoms. The van der Waals surface area contributed by atoms with Crippen LogP contribution >= 0.6 is 0 Å². The molecule has 0 aliphatic carbocycles. The van der Waals surface area contributed by atoms with E-state index in [2.05, 4.69) is 22.0 Å². The van der Waals surface area contributed by atoms with Gasteiger partial charge in [0.05, 0.1) is 24.4 Å². The molecule has 3 heterocycles. The van der Waals surface area contributed by atoms with Crippen LogP contribution in [0.1, 0.15) is 28.1 Å². The van der Waals surface area contributed by atoms with Gasteiger partial charge in [0.25, 0.3) is 0 Å². The summed E-state index contributed by atoms with van der Waals surface area (Å²) in [6.45, 7) is 4.08. The van der Waals surface area contributed by atoms with Gasteiger partial charge >= 0.3 is 7.12 Å². The Labute approximate surface area is 192 Å². The topological polar surface area (TPSA) is 118 Å². The molecular formula is C24H26BN5O3. The van der Waals surface area contributed by atoms with Gasteiger partial charge < -0.3 is 25.8 Å². The van der Waals surface area contributed by atoms with E-state index in [4.69, 9.17) is 20.4 Å². The van der Waals surface area contributed by atoms with Crippen molar-refractivity contribution in [3.8, 4) is 5.95 Å². The van der Waals surface area contributed by atoms with Crippen LogP contribution < -0.4 is 16.5 Å². The van der Waals surface area contributed by atoms with Gasteiger partial charge in [-0.1, -0.05) is 36.4 Å². The maximum absolute atomic E-state index is 9.47. The summed E-state index contributed by atoms with van der Waals surface area (Å²) in [4.78, 5) is 9.81. The summed E-state index contributed by atoms with van der Waals surface area (Å²) in [6, 6.07) is 15.4. The molecule has 0 fully saturated rings. The number of anilines is 1. The average molecular weight is 443 g/mol. The minimum Gasteiger partial charge on any atom is -0.423 e. The number of hydrogen-bond acceptors (Lipinski definition) is 7. The Morgan fingerprint density at radius 1 is 1.15 bits per heavy atom. The smallest absolute Gasteiger partial charge is 0.423 e. The second-order valence-corrected chi connectivity index (χ2v) is 8.25. The van der Waals surface area contributed by atoms with E-state index in [1.54, 1.807) is 18.2 Å². The lowest BCUT2D eigenvalue weighted by molar-refractivity contribution is 0.109. The van der Waals surface area contributed by atoms with Crippen molar-refractivity contribution in [2.75, 3.05) is 11.9 Å². The number of aryl methyl sites for hydroxylation is 1. The van der Waals surface area contributed by atoms with Crippen molar-refractivity contribution < 1.29 is 14.8 Å². The zero-order valence-corrected chi connectivity index (χ0v) is 18.5. The molecule has 0 amide bonds.